The van der Waals surface area contributed by atoms with Gasteiger partial charge in [-0.2, -0.15) is 4.99 Å². The molecule has 0 atom stereocenters. The molecule has 1 aliphatic heterocycles. The van der Waals surface area contributed by atoms with Crippen LogP contribution in [0, 0.1) is 0 Å². The highest BCUT2D eigenvalue weighted by molar-refractivity contribution is 7.07. The van der Waals surface area contributed by atoms with Crippen LogP contribution >= 0.6 is 11.3 Å². The number of ether oxygens (including phenoxy) is 3. The number of aromatic nitrogens is 1. The Hall–Kier alpha value is -2.28. The number of hydrogen-bond acceptors (Lipinski definition) is 5. The summed E-state index contributed by atoms with van der Waals surface area (Å²) in [7, 11) is 3.37. The molecule has 1 amide bonds. The fourth-order valence-electron chi connectivity index (χ4n) is 1.98. The van der Waals surface area contributed by atoms with E-state index < -0.39 is 0 Å². The van der Waals surface area contributed by atoms with E-state index in [2.05, 4.69) is 4.99 Å². The topological polar surface area (TPSA) is 62.0 Å². The lowest BCUT2D eigenvalue weighted by Gasteiger charge is -2.20. The number of amides is 1. The van der Waals surface area contributed by atoms with E-state index in [1.54, 1.807) is 16.7 Å². The highest BCUT2D eigenvalue weighted by Crippen LogP contribution is 2.40. The van der Waals surface area contributed by atoms with Crippen molar-refractivity contribution in [2.45, 2.75) is 0 Å². The first-order chi connectivity index (χ1) is 10.2. The Morgan fingerprint density at radius 2 is 2.19 bits per heavy atom. The van der Waals surface area contributed by atoms with Crippen LogP contribution in [0.25, 0.3) is 0 Å². The van der Waals surface area contributed by atoms with Gasteiger partial charge in [0.25, 0.3) is 5.91 Å². The number of hydrogen-bond donors (Lipinski definition) is 0. The Bertz CT molecular complexity index is 730. The SMILES string of the molecule is COc1cc(C(=O)N=c2sccn2C)cc2c1OCCO2. The molecule has 0 radical (unpaired) electrons. The zero-order valence-electron chi connectivity index (χ0n) is 11.7. The van der Waals surface area contributed by atoms with E-state index in [4.69, 9.17) is 14.2 Å². The number of fused-ring (bicyclic) bond motifs is 1. The summed E-state index contributed by atoms with van der Waals surface area (Å²) >= 11 is 1.40. The number of benzene rings is 1. The molecule has 6 nitrogen and oxygen atoms in total. The quantitative estimate of drug-likeness (QED) is 0.845. The molecule has 0 spiro atoms. The second-order valence-corrected chi connectivity index (χ2v) is 5.29. The molecule has 7 heteroatoms. The smallest absolute Gasteiger partial charge is 0.279 e. The number of methoxy groups -OCH3 is 1. The predicted molar refractivity (Wildman–Crippen MR) is 77.2 cm³/mol. The summed E-state index contributed by atoms with van der Waals surface area (Å²) in [4.78, 5) is 17.0. The van der Waals surface area contributed by atoms with Gasteiger partial charge in [0.15, 0.2) is 16.3 Å². The van der Waals surface area contributed by atoms with Crippen molar-refractivity contribution in [3.8, 4) is 17.2 Å². The van der Waals surface area contributed by atoms with E-state index in [0.29, 0.717) is 40.8 Å². The van der Waals surface area contributed by atoms with Crippen LogP contribution in [-0.2, 0) is 7.05 Å². The van der Waals surface area contributed by atoms with Gasteiger partial charge in [0.2, 0.25) is 5.75 Å². The average Bonchev–Trinajstić information content (AvgIpc) is 2.91. The molecule has 0 aliphatic carbocycles. The minimum absolute atomic E-state index is 0.344. The Morgan fingerprint density at radius 1 is 1.38 bits per heavy atom. The normalized spacial score (nSPS) is 14.1. The van der Waals surface area contributed by atoms with Crippen LogP contribution in [0.2, 0.25) is 0 Å². The van der Waals surface area contributed by atoms with Crippen molar-refractivity contribution in [1.82, 2.24) is 4.57 Å². The van der Waals surface area contributed by atoms with Crippen molar-refractivity contribution in [3.63, 3.8) is 0 Å². The number of carbonyl (C=O) groups is 1. The summed E-state index contributed by atoms with van der Waals surface area (Å²) in [6.07, 6.45) is 1.85. The molecule has 2 aromatic rings. The molecular weight excluding hydrogens is 292 g/mol. The van der Waals surface area contributed by atoms with Crippen molar-refractivity contribution in [3.05, 3.63) is 34.1 Å². The third-order valence-corrected chi connectivity index (χ3v) is 3.88. The van der Waals surface area contributed by atoms with Crippen molar-refractivity contribution in [2.75, 3.05) is 20.3 Å². The summed E-state index contributed by atoms with van der Waals surface area (Å²) in [5.74, 6) is 1.17. The molecule has 0 bridgehead atoms. The summed E-state index contributed by atoms with van der Waals surface area (Å²) in [6.45, 7) is 0.914. The summed E-state index contributed by atoms with van der Waals surface area (Å²) in [5.41, 5.74) is 0.407. The zero-order chi connectivity index (χ0) is 14.8. The molecule has 110 valence electrons. The third kappa shape index (κ3) is 2.64. The van der Waals surface area contributed by atoms with E-state index in [-0.39, 0.29) is 5.91 Å². The zero-order valence-corrected chi connectivity index (χ0v) is 12.5. The number of aryl methyl sites for hydroxylation is 1. The minimum Gasteiger partial charge on any atom is -0.493 e. The highest BCUT2D eigenvalue weighted by atomic mass is 32.1. The van der Waals surface area contributed by atoms with E-state index in [9.17, 15) is 4.79 Å². The van der Waals surface area contributed by atoms with Crippen LogP contribution < -0.4 is 19.0 Å². The van der Waals surface area contributed by atoms with Gasteiger partial charge < -0.3 is 18.8 Å². The molecule has 1 aliphatic rings. The maximum Gasteiger partial charge on any atom is 0.279 e. The van der Waals surface area contributed by atoms with Crippen LogP contribution in [0.3, 0.4) is 0 Å². The van der Waals surface area contributed by atoms with E-state index in [0.717, 1.165) is 0 Å². The maximum atomic E-state index is 12.3. The Kier molecular flexibility index (Phi) is 3.66. The summed E-state index contributed by atoms with van der Waals surface area (Å²) < 4.78 is 18.1. The van der Waals surface area contributed by atoms with Crippen molar-refractivity contribution in [2.24, 2.45) is 12.0 Å². The molecular formula is C14H14N2O4S. The largest absolute Gasteiger partial charge is 0.493 e. The van der Waals surface area contributed by atoms with Gasteiger partial charge in [0.05, 0.1) is 7.11 Å². The Balaban J connectivity index is 2.03. The second-order valence-electron chi connectivity index (χ2n) is 4.42. The van der Waals surface area contributed by atoms with E-state index in [1.165, 1.54) is 18.4 Å². The minimum atomic E-state index is -0.344. The molecule has 0 fully saturated rings. The fourth-order valence-corrected chi connectivity index (χ4v) is 2.71. The summed E-state index contributed by atoms with van der Waals surface area (Å²) in [6, 6.07) is 3.25. The number of thiazole rings is 1. The lowest BCUT2D eigenvalue weighted by atomic mass is 10.1. The van der Waals surface area contributed by atoms with Gasteiger partial charge in [-0.05, 0) is 12.1 Å². The van der Waals surface area contributed by atoms with E-state index >= 15 is 0 Å². The van der Waals surface area contributed by atoms with Crippen molar-refractivity contribution < 1.29 is 19.0 Å². The standard InChI is InChI=1S/C14H14N2O4S/c1-16-3-6-21-14(16)15-13(17)9-7-10(18-2)12-11(8-9)19-4-5-20-12/h3,6-8H,4-5H2,1-2H3. The van der Waals surface area contributed by atoms with Crippen LogP contribution in [0.15, 0.2) is 28.7 Å². The molecule has 2 heterocycles. The van der Waals surface area contributed by atoms with Gasteiger partial charge in [-0.1, -0.05) is 0 Å². The second kappa shape index (κ2) is 5.61. The van der Waals surface area contributed by atoms with Crippen LogP contribution in [0.1, 0.15) is 10.4 Å². The lowest BCUT2D eigenvalue weighted by Crippen LogP contribution is -2.17. The van der Waals surface area contributed by atoms with E-state index in [1.807, 2.05) is 18.6 Å². The van der Waals surface area contributed by atoms with Gasteiger partial charge in [-0.3, -0.25) is 4.79 Å². The monoisotopic (exact) mass is 306 g/mol. The van der Waals surface area contributed by atoms with Gasteiger partial charge >= 0.3 is 0 Å². The molecule has 1 aromatic heterocycles. The Morgan fingerprint density at radius 3 is 2.90 bits per heavy atom. The van der Waals surface area contributed by atoms with Crippen LogP contribution in [0.4, 0.5) is 0 Å². The number of carbonyl (C=O) groups excluding carboxylic acids is 1. The third-order valence-electron chi connectivity index (χ3n) is 3.03. The van der Waals surface area contributed by atoms with Gasteiger partial charge in [-0.15, -0.1) is 11.3 Å². The fraction of sp³-hybridized carbons (Fsp3) is 0.286. The van der Waals surface area contributed by atoms with Gasteiger partial charge in [-0.25, -0.2) is 0 Å². The molecule has 3 rings (SSSR count). The first-order valence-corrected chi connectivity index (χ1v) is 7.24. The lowest BCUT2D eigenvalue weighted by molar-refractivity contribution is 0.0996. The highest BCUT2D eigenvalue weighted by Gasteiger charge is 2.20. The molecule has 1 aromatic carbocycles. The Labute approximate surface area is 125 Å². The van der Waals surface area contributed by atoms with Crippen molar-refractivity contribution in [1.29, 1.82) is 0 Å². The van der Waals surface area contributed by atoms with Gasteiger partial charge in [0.1, 0.15) is 13.2 Å². The molecule has 0 saturated heterocycles. The van der Waals surface area contributed by atoms with Crippen LogP contribution in [-0.4, -0.2) is 30.8 Å². The first kappa shape index (κ1) is 13.7. The average molecular weight is 306 g/mol. The number of rotatable bonds is 2. The number of nitrogens with zero attached hydrogens (tertiary/aromatic N) is 2. The molecule has 0 saturated carbocycles. The first-order valence-electron chi connectivity index (χ1n) is 6.36. The molecule has 0 N–H and O–H groups in total. The van der Waals surface area contributed by atoms with Gasteiger partial charge in [0, 0.05) is 24.2 Å². The predicted octanol–water partition coefficient (Wildman–Crippen LogP) is 1.61. The molecule has 21 heavy (non-hydrogen) atoms. The van der Waals surface area contributed by atoms with Crippen LogP contribution in [0.5, 0.6) is 17.2 Å². The maximum absolute atomic E-state index is 12.3. The molecule has 0 unspecified atom stereocenters. The summed E-state index contributed by atoms with van der Waals surface area (Å²) in [5, 5.41) is 1.87. The van der Waals surface area contributed by atoms with Crippen molar-refractivity contribution >= 4 is 17.2 Å².